The number of carbonyl (C=O) groups is 1. The molecule has 0 saturated carbocycles. The van der Waals surface area contributed by atoms with E-state index in [9.17, 15) is 10.1 Å². The normalized spacial score (nSPS) is 15.4. The van der Waals surface area contributed by atoms with Gasteiger partial charge < -0.3 is 9.80 Å². The van der Waals surface area contributed by atoms with Crippen molar-refractivity contribution in [1.82, 2.24) is 14.9 Å². The van der Waals surface area contributed by atoms with E-state index in [2.05, 4.69) is 44.6 Å². The van der Waals surface area contributed by atoms with Crippen LogP contribution in [-0.4, -0.2) is 27.3 Å². The highest BCUT2D eigenvalue weighted by atomic mass is 16.1. The van der Waals surface area contributed by atoms with E-state index < -0.39 is 0 Å². The predicted octanol–water partition coefficient (Wildman–Crippen LogP) is 1.79. The van der Waals surface area contributed by atoms with E-state index in [1.54, 1.807) is 4.90 Å². The van der Waals surface area contributed by atoms with Gasteiger partial charge in [0.25, 0.3) is 0 Å². The highest BCUT2D eigenvalue weighted by Crippen LogP contribution is 2.32. The Morgan fingerprint density at radius 3 is 2.76 bits per heavy atom. The molecule has 0 unspecified atom stereocenters. The van der Waals surface area contributed by atoms with Gasteiger partial charge in [0, 0.05) is 25.6 Å². The lowest BCUT2D eigenvalue weighted by Crippen LogP contribution is -2.32. The van der Waals surface area contributed by atoms with Gasteiger partial charge in [-0.05, 0) is 17.5 Å². The average Bonchev–Trinajstić information content (AvgIpc) is 3.03. The minimum absolute atomic E-state index is 0.204. The van der Waals surface area contributed by atoms with Gasteiger partial charge in [-0.3, -0.25) is 10.1 Å². The van der Waals surface area contributed by atoms with Crippen LogP contribution < -0.4 is 10.2 Å². The smallest absolute Gasteiger partial charge is 0.231 e. The van der Waals surface area contributed by atoms with Crippen LogP contribution in [0.15, 0.2) is 24.3 Å². The third kappa shape index (κ3) is 2.87. The van der Waals surface area contributed by atoms with Gasteiger partial charge in [-0.2, -0.15) is 10.2 Å². The number of nitrogens with zero attached hydrogens (tertiary/aromatic N) is 5. The third-order valence-corrected chi connectivity index (χ3v) is 4.62. The van der Waals surface area contributed by atoms with Crippen molar-refractivity contribution >= 4 is 17.7 Å². The molecule has 1 aromatic carbocycles. The molecule has 126 valence electrons. The summed E-state index contributed by atoms with van der Waals surface area (Å²) in [7, 11) is 0. The second-order valence-corrected chi connectivity index (χ2v) is 6.37. The quantitative estimate of drug-likeness (QED) is 0.843. The minimum Gasteiger partial charge on any atom is -0.351 e. The molecule has 0 spiro atoms. The maximum Gasteiger partial charge on any atom is 0.231 e. The van der Waals surface area contributed by atoms with Crippen LogP contribution in [0.1, 0.15) is 29.3 Å². The summed E-state index contributed by atoms with van der Waals surface area (Å²) >= 11 is 0. The van der Waals surface area contributed by atoms with Crippen LogP contribution in [0.2, 0.25) is 0 Å². The largest absolute Gasteiger partial charge is 0.351 e. The van der Waals surface area contributed by atoms with Crippen LogP contribution in [0.4, 0.5) is 11.8 Å². The number of aromatic nitrogens is 2. The zero-order chi connectivity index (χ0) is 17.4. The summed E-state index contributed by atoms with van der Waals surface area (Å²) < 4.78 is 0. The van der Waals surface area contributed by atoms with Crippen molar-refractivity contribution in [3.63, 3.8) is 0 Å². The van der Waals surface area contributed by atoms with E-state index >= 15 is 0 Å². The molecule has 1 N–H and O–H groups in total. The van der Waals surface area contributed by atoms with Crippen LogP contribution in [0.5, 0.6) is 0 Å². The Morgan fingerprint density at radius 1 is 1.20 bits per heavy atom. The van der Waals surface area contributed by atoms with Gasteiger partial charge in [-0.25, -0.2) is 4.98 Å². The summed E-state index contributed by atoms with van der Waals surface area (Å²) in [6.07, 6.45) is 3.13. The molecule has 0 radical (unpaired) electrons. The number of nitrogens with one attached hydrogen (secondary N) is 1. The maximum absolute atomic E-state index is 11.4. The monoisotopic (exact) mass is 334 g/mol. The average molecular weight is 334 g/mol. The molecule has 0 fully saturated rings. The Bertz CT molecular complexity index is 888. The van der Waals surface area contributed by atoms with Crippen molar-refractivity contribution in [3.8, 4) is 6.19 Å². The first kappa shape index (κ1) is 15.4. The van der Waals surface area contributed by atoms with E-state index in [4.69, 9.17) is 0 Å². The minimum atomic E-state index is -0.204. The van der Waals surface area contributed by atoms with E-state index in [0.29, 0.717) is 19.0 Å². The molecular weight excluding hydrogens is 316 g/mol. The molecule has 2 aliphatic heterocycles. The fourth-order valence-electron chi connectivity index (χ4n) is 3.46. The molecule has 3 heterocycles. The van der Waals surface area contributed by atoms with Crippen LogP contribution in [0.3, 0.4) is 0 Å². The predicted molar refractivity (Wildman–Crippen MR) is 92.4 cm³/mol. The van der Waals surface area contributed by atoms with E-state index in [1.807, 2.05) is 6.07 Å². The molecule has 7 nitrogen and oxygen atoms in total. The van der Waals surface area contributed by atoms with Gasteiger partial charge in [0.05, 0.1) is 18.8 Å². The first-order valence-electron chi connectivity index (χ1n) is 8.28. The molecule has 0 bridgehead atoms. The molecule has 7 heteroatoms. The fourth-order valence-corrected chi connectivity index (χ4v) is 3.46. The number of fused-ring (bicyclic) bond motifs is 2. The number of anilines is 2. The Morgan fingerprint density at radius 2 is 2.00 bits per heavy atom. The van der Waals surface area contributed by atoms with E-state index in [1.165, 1.54) is 18.1 Å². The zero-order valence-electron chi connectivity index (χ0n) is 14.0. The summed E-state index contributed by atoms with van der Waals surface area (Å²) in [5.41, 5.74) is 4.45. The number of amides is 1. The van der Waals surface area contributed by atoms with Crippen molar-refractivity contribution in [1.29, 1.82) is 5.26 Å². The van der Waals surface area contributed by atoms with Crippen LogP contribution >= 0.6 is 0 Å². The first-order chi connectivity index (χ1) is 12.1. The molecule has 1 amide bonds. The second-order valence-electron chi connectivity index (χ2n) is 6.37. The number of carbonyl (C=O) groups excluding carboxylic acids is 1. The summed E-state index contributed by atoms with van der Waals surface area (Å²) in [6.45, 7) is 4.03. The first-order valence-corrected chi connectivity index (χ1v) is 8.28. The lowest BCUT2D eigenvalue weighted by molar-refractivity contribution is -0.114. The molecule has 2 aromatic rings. The van der Waals surface area contributed by atoms with E-state index in [-0.39, 0.29) is 5.91 Å². The van der Waals surface area contributed by atoms with Crippen molar-refractivity contribution in [3.05, 3.63) is 46.6 Å². The van der Waals surface area contributed by atoms with Crippen LogP contribution in [0, 0.1) is 11.5 Å². The molecule has 1 aromatic heterocycles. The molecule has 0 saturated heterocycles. The Hall–Kier alpha value is -3.14. The lowest BCUT2D eigenvalue weighted by Gasteiger charge is -2.31. The number of nitriles is 1. The summed E-state index contributed by atoms with van der Waals surface area (Å²) in [4.78, 5) is 24.3. The van der Waals surface area contributed by atoms with Gasteiger partial charge in [-0.15, -0.1) is 0 Å². The standard InChI is InChI=1S/C18H18N6O/c1-12(25)20-18-21-16-10-23(11-19)9-15(16)17(22-18)24-7-6-13-4-2-3-5-14(13)8-24/h2-5H,6-10H2,1H3,(H,20,21,22,25). The van der Waals surface area contributed by atoms with Crippen molar-refractivity contribution in [2.24, 2.45) is 0 Å². The van der Waals surface area contributed by atoms with Gasteiger partial charge >= 0.3 is 0 Å². The maximum atomic E-state index is 11.4. The van der Waals surface area contributed by atoms with Crippen LogP contribution in [0.25, 0.3) is 0 Å². The molecule has 0 atom stereocenters. The summed E-state index contributed by atoms with van der Waals surface area (Å²) in [5.74, 6) is 0.922. The number of benzene rings is 1. The third-order valence-electron chi connectivity index (χ3n) is 4.62. The van der Waals surface area contributed by atoms with Gasteiger partial charge in [0.1, 0.15) is 5.82 Å². The zero-order valence-corrected chi connectivity index (χ0v) is 14.0. The van der Waals surface area contributed by atoms with Crippen molar-refractivity contribution in [2.75, 3.05) is 16.8 Å². The molecule has 4 rings (SSSR count). The highest BCUT2D eigenvalue weighted by molar-refractivity contribution is 5.87. The van der Waals surface area contributed by atoms with Gasteiger partial charge in [0.15, 0.2) is 6.19 Å². The lowest BCUT2D eigenvalue weighted by atomic mass is 9.99. The molecule has 25 heavy (non-hydrogen) atoms. The fraction of sp³-hybridized carbons (Fsp3) is 0.333. The molecule has 2 aliphatic rings. The highest BCUT2D eigenvalue weighted by Gasteiger charge is 2.29. The number of rotatable bonds is 2. The van der Waals surface area contributed by atoms with Gasteiger partial charge in [-0.1, -0.05) is 24.3 Å². The molecule has 0 aliphatic carbocycles. The Kier molecular flexibility index (Phi) is 3.73. The number of hydrogen-bond donors (Lipinski definition) is 1. The van der Waals surface area contributed by atoms with Gasteiger partial charge in [0.2, 0.25) is 11.9 Å². The van der Waals surface area contributed by atoms with Crippen molar-refractivity contribution in [2.45, 2.75) is 33.0 Å². The topological polar surface area (TPSA) is 85.2 Å². The summed E-state index contributed by atoms with van der Waals surface area (Å²) in [6, 6.07) is 8.42. The van der Waals surface area contributed by atoms with Crippen LogP contribution in [-0.2, 0) is 30.8 Å². The van der Waals surface area contributed by atoms with Crippen molar-refractivity contribution < 1.29 is 4.79 Å². The Balaban J connectivity index is 1.73. The SMILES string of the molecule is CC(=O)Nc1nc2c(c(N3CCc4ccccc4C3)n1)CN(C#N)C2. The second kappa shape index (κ2) is 6.06. The Labute approximate surface area is 145 Å². The van der Waals surface area contributed by atoms with E-state index in [0.717, 1.165) is 36.6 Å². The number of hydrogen-bond acceptors (Lipinski definition) is 6. The molecular formula is C18H18N6O. The summed E-state index contributed by atoms with van der Waals surface area (Å²) in [5, 5.41) is 11.9.